The van der Waals surface area contributed by atoms with Gasteiger partial charge in [-0.2, -0.15) is 16.8 Å². The van der Waals surface area contributed by atoms with Gasteiger partial charge < -0.3 is 0 Å². The molecule has 276 valence electrons. The second-order valence-electron chi connectivity index (χ2n) is 13.5. The van der Waals surface area contributed by atoms with Crippen LogP contribution in [-0.2, 0) is 29.6 Å². The first-order chi connectivity index (χ1) is 22.5. The first kappa shape index (κ1) is 45.7. The Morgan fingerprint density at radius 3 is 0.894 bits per heavy atom. The summed E-state index contributed by atoms with van der Waals surface area (Å²) in [6.07, 6.45) is 37.7. The normalized spacial score (nSPS) is 12.9. The molecule has 0 heterocycles. The summed E-state index contributed by atoms with van der Waals surface area (Å²) >= 11 is 0. The third kappa shape index (κ3) is 20.7. The molecule has 0 radical (unpaired) electrons. The quantitative estimate of drug-likeness (QED) is 0.0393. The summed E-state index contributed by atoms with van der Waals surface area (Å²) in [6.45, 7) is 4.46. The molecule has 9 heteroatoms. The van der Waals surface area contributed by atoms with E-state index in [0.717, 1.165) is 64.2 Å². The van der Waals surface area contributed by atoms with Gasteiger partial charge in [0, 0.05) is 3.29 Å². The van der Waals surface area contributed by atoms with Crippen LogP contribution in [0.1, 0.15) is 194 Å². The molecule has 0 aromatic heterocycles. The second-order valence-corrected chi connectivity index (χ2v) is 17.7. The fourth-order valence-corrected chi connectivity index (χ4v) is 9.93. The topological polar surface area (TPSA) is 102 Å². The molecule has 0 N–H and O–H groups in total. The van der Waals surface area contributed by atoms with Gasteiger partial charge in [0.1, 0.15) is 0 Å². The van der Waals surface area contributed by atoms with Gasteiger partial charge in [-0.1, -0.05) is 141 Å². The van der Waals surface area contributed by atoms with E-state index in [-0.39, 0.29) is 12.8 Å². The van der Waals surface area contributed by atoms with E-state index >= 15 is 0 Å². The largest absolute Gasteiger partial charge is 0.352 e. The number of amides is 2. The van der Waals surface area contributed by atoms with Crippen LogP contribution < -0.4 is 0 Å². The number of rotatable bonds is 32. The van der Waals surface area contributed by atoms with Crippen LogP contribution in [0, 0.1) is 0 Å². The number of carbonyl (C=O) groups is 2. The maximum Gasteiger partial charge on any atom is 0.352 e. The molecule has 0 bridgehead atoms. The lowest BCUT2D eigenvalue weighted by Crippen LogP contribution is -2.63. The Morgan fingerprint density at radius 1 is 0.404 bits per heavy atom. The molecule has 0 spiro atoms. The van der Waals surface area contributed by atoms with E-state index in [2.05, 4.69) is 38.2 Å². The Bertz CT molecular complexity index is 993. The molecule has 0 aromatic carbocycles. The molecule has 0 unspecified atom stereocenters. The van der Waals surface area contributed by atoms with Crippen LogP contribution in [0.5, 0.6) is 0 Å². The smallest absolute Gasteiger partial charge is 0.228 e. The van der Waals surface area contributed by atoms with E-state index in [1.165, 1.54) is 77.0 Å². The van der Waals surface area contributed by atoms with Crippen LogP contribution >= 0.6 is 0 Å². The molecule has 0 aromatic rings. The van der Waals surface area contributed by atoms with Crippen molar-refractivity contribution in [3.05, 3.63) is 24.3 Å². The van der Waals surface area contributed by atoms with E-state index in [0.29, 0.717) is 38.2 Å². The number of quaternary nitrogens is 1. The van der Waals surface area contributed by atoms with Crippen LogP contribution in [0.3, 0.4) is 0 Å². The van der Waals surface area contributed by atoms with Gasteiger partial charge in [0.2, 0.25) is 0 Å². The van der Waals surface area contributed by atoms with Gasteiger partial charge in [-0.3, -0.25) is 0 Å². The van der Waals surface area contributed by atoms with Gasteiger partial charge in [0.15, 0.2) is 0 Å². The molecule has 0 aliphatic heterocycles. The highest BCUT2D eigenvalue weighted by atomic mass is 32.3. The van der Waals surface area contributed by atoms with Crippen LogP contribution in [0.25, 0.3) is 0 Å². The van der Waals surface area contributed by atoms with Crippen LogP contribution in [0.4, 0.5) is 0 Å². The maximum atomic E-state index is 13.3. The Labute approximate surface area is 291 Å². The van der Waals surface area contributed by atoms with Crippen molar-refractivity contribution >= 4 is 31.9 Å². The number of imide groups is 1. The zero-order valence-electron chi connectivity index (χ0n) is 30.8. The number of unbranched alkanes of at least 4 members (excludes halogenated alkanes) is 22. The average molecular weight is 703 g/mol. The van der Waals surface area contributed by atoms with E-state index in [4.69, 9.17) is 0 Å². The van der Waals surface area contributed by atoms with Crippen molar-refractivity contribution in [3.8, 4) is 0 Å². The fraction of sp³-hybridized carbons (Fsp3) is 0.842. The predicted octanol–water partition coefficient (Wildman–Crippen LogP) is 10.9. The van der Waals surface area contributed by atoms with Gasteiger partial charge in [-0.05, 0) is 64.2 Å². The summed E-state index contributed by atoms with van der Waals surface area (Å²) in [4.78, 5) is 26.5. The first-order valence-electron chi connectivity index (χ1n) is 19.1. The number of hydrogen-bond acceptors (Lipinski definition) is 6. The van der Waals surface area contributed by atoms with E-state index in [1.54, 1.807) is 0 Å². The summed E-state index contributed by atoms with van der Waals surface area (Å²) < 4.78 is 49.3. The van der Waals surface area contributed by atoms with Crippen molar-refractivity contribution < 1.29 is 29.7 Å². The number of carbonyl (C=O) groups excluding carboxylic acids is 2. The molecule has 2 amide bonds. The third-order valence-electron chi connectivity index (χ3n) is 8.90. The summed E-state index contributed by atoms with van der Waals surface area (Å²) in [7, 11) is -9.18. The van der Waals surface area contributed by atoms with Gasteiger partial charge in [-0.15, -0.1) is 0 Å². The summed E-state index contributed by atoms with van der Waals surface area (Å²) in [5.74, 6) is -2.10. The summed E-state index contributed by atoms with van der Waals surface area (Å²) in [6, 6.07) is 0. The van der Waals surface area contributed by atoms with Crippen LogP contribution in [0.2, 0.25) is 0 Å². The molecule has 47 heavy (non-hydrogen) atoms. The molecule has 0 atom stereocenters. The van der Waals surface area contributed by atoms with Gasteiger partial charge in [0.25, 0.3) is 0 Å². The number of sulfonamides is 2. The number of allylic oxidation sites excluding steroid dienone is 4. The number of nitrogens with zero attached hydrogens (tertiary/aromatic N) is 1. The predicted molar refractivity (Wildman–Crippen MR) is 199 cm³/mol. The Balaban J connectivity index is 4.48. The Hall–Kier alpha value is -1.32. The summed E-state index contributed by atoms with van der Waals surface area (Å²) in [5.41, 5.74) is 0. The van der Waals surface area contributed by atoms with E-state index in [1.807, 2.05) is 0 Å². The lowest BCUT2D eigenvalue weighted by atomic mass is 10.1. The van der Waals surface area contributed by atoms with Crippen molar-refractivity contribution in [1.82, 2.24) is 0 Å². The minimum absolute atomic E-state index is 0.254. The first-order valence-corrected chi connectivity index (χ1v) is 22.8. The van der Waals surface area contributed by atoms with Crippen molar-refractivity contribution in [2.75, 3.05) is 12.5 Å². The van der Waals surface area contributed by atoms with E-state index < -0.39 is 35.2 Å². The lowest BCUT2D eigenvalue weighted by molar-refractivity contribution is -0.512. The Morgan fingerprint density at radius 2 is 0.638 bits per heavy atom. The van der Waals surface area contributed by atoms with Crippen LogP contribution in [0.15, 0.2) is 24.3 Å². The molecule has 7 nitrogen and oxygen atoms in total. The fourth-order valence-electron chi connectivity index (χ4n) is 6.11. The lowest BCUT2D eigenvalue weighted by Gasteiger charge is -2.27. The van der Waals surface area contributed by atoms with E-state index in [9.17, 15) is 26.4 Å². The minimum atomic E-state index is -4.59. The molecule has 0 saturated carbocycles. The molecular weight excluding hydrogens is 631 g/mol. The molecule has 0 saturated heterocycles. The number of hydrogen-bond donors (Lipinski definition) is 0. The molecular formula is C38H72NO6S2+. The monoisotopic (exact) mass is 702 g/mol. The zero-order valence-corrected chi connectivity index (χ0v) is 32.5. The molecule has 0 aliphatic carbocycles. The minimum Gasteiger partial charge on any atom is -0.228 e. The van der Waals surface area contributed by atoms with Gasteiger partial charge >= 0.3 is 31.9 Å². The highest BCUT2D eigenvalue weighted by Crippen LogP contribution is 2.27. The zero-order chi connectivity index (χ0) is 35.3. The molecule has 0 fully saturated rings. The molecule has 0 aliphatic rings. The average Bonchev–Trinajstić information content (AvgIpc) is 2.99. The van der Waals surface area contributed by atoms with Crippen molar-refractivity contribution in [1.29, 1.82) is 0 Å². The summed E-state index contributed by atoms with van der Waals surface area (Å²) in [5, 5.41) is 0. The van der Waals surface area contributed by atoms with Gasteiger partial charge in [0.05, 0.1) is 25.4 Å². The van der Waals surface area contributed by atoms with Gasteiger partial charge in [-0.25, -0.2) is 9.59 Å². The SMILES string of the molecule is CCCCCCCC/C=C\CCCCCCCC(=O)[N+](C(=O)CCCCCCC/C=C\CCCCCCCC)(S(C)(=O)=O)S(C)(=O)=O. The second kappa shape index (κ2) is 28.5. The van der Waals surface area contributed by atoms with Crippen molar-refractivity contribution in [2.45, 2.75) is 194 Å². The third-order valence-corrected chi connectivity index (χ3v) is 13.2. The van der Waals surface area contributed by atoms with Crippen LogP contribution in [-0.4, -0.2) is 44.5 Å². The highest BCUT2D eigenvalue weighted by molar-refractivity contribution is 7.98. The van der Waals surface area contributed by atoms with Crippen molar-refractivity contribution in [2.24, 2.45) is 0 Å². The maximum absolute atomic E-state index is 13.3. The highest BCUT2D eigenvalue weighted by Gasteiger charge is 2.60. The molecule has 0 rings (SSSR count). The van der Waals surface area contributed by atoms with Crippen molar-refractivity contribution in [3.63, 3.8) is 0 Å². The standard InChI is InChI=1S/C38H72NO6S2/c1-5-7-9-11-13-15-17-19-21-23-25-27-29-31-33-35-37(40)39(46(3,42)43,47(4,44)45)38(41)36-34-32-30-28-26-24-22-20-18-16-14-12-10-8-6-2/h19-22H,5-18,23-36H2,1-4H3/q+1/b21-19-,22-20-. The Kier molecular flexibility index (Phi) is 27.7.